The van der Waals surface area contributed by atoms with Gasteiger partial charge in [0.1, 0.15) is 0 Å². The molecule has 0 heterocycles. The highest BCUT2D eigenvalue weighted by molar-refractivity contribution is 5.78. The molecule has 0 saturated carbocycles. The number of hydrogen-bond donors (Lipinski definition) is 1. The molecule has 0 unspecified atom stereocenters. The summed E-state index contributed by atoms with van der Waals surface area (Å²) in [6.07, 6.45) is 1.99. The molecular weight excluding hydrogens is 216 g/mol. The number of hydrogen-bond acceptors (Lipinski definition) is 3. The van der Waals surface area contributed by atoms with Gasteiger partial charge in [0.05, 0.1) is 13.2 Å². The summed E-state index contributed by atoms with van der Waals surface area (Å²) in [5.41, 5.74) is 0. The molecule has 1 N–H and O–H groups in total. The number of aliphatic hydroxyl groups excluding tert-OH is 1. The average Bonchev–Trinajstić information content (AvgIpc) is 2.28. The van der Waals surface area contributed by atoms with Crippen molar-refractivity contribution in [2.75, 3.05) is 32.8 Å². The summed E-state index contributed by atoms with van der Waals surface area (Å²) in [4.78, 5) is 16.1. The zero-order valence-corrected chi connectivity index (χ0v) is 11.8. The molecule has 0 aromatic carbocycles. The molecule has 0 spiro atoms. The molecule has 0 bridgehead atoms. The second-order valence-electron chi connectivity index (χ2n) is 4.67. The van der Waals surface area contributed by atoms with Crippen LogP contribution in [0.2, 0.25) is 0 Å². The van der Waals surface area contributed by atoms with E-state index in [0.29, 0.717) is 13.1 Å². The maximum absolute atomic E-state index is 12.1. The van der Waals surface area contributed by atoms with Crippen molar-refractivity contribution < 1.29 is 9.90 Å². The van der Waals surface area contributed by atoms with Gasteiger partial charge < -0.3 is 10.0 Å². The summed E-state index contributed by atoms with van der Waals surface area (Å²) >= 11 is 0. The first-order valence-corrected chi connectivity index (χ1v) is 6.69. The molecule has 4 nitrogen and oxygen atoms in total. The van der Waals surface area contributed by atoms with Crippen LogP contribution in [0.4, 0.5) is 0 Å². The van der Waals surface area contributed by atoms with Crippen LogP contribution in [0.25, 0.3) is 0 Å². The molecule has 17 heavy (non-hydrogen) atoms. The van der Waals surface area contributed by atoms with Gasteiger partial charge in [-0.2, -0.15) is 0 Å². The van der Waals surface area contributed by atoms with Crippen LogP contribution in [0.3, 0.4) is 0 Å². The molecule has 0 aromatic heterocycles. The van der Waals surface area contributed by atoms with Crippen molar-refractivity contribution in [2.24, 2.45) is 0 Å². The fourth-order valence-corrected chi connectivity index (χ4v) is 1.82. The lowest BCUT2D eigenvalue weighted by Gasteiger charge is -2.29. The number of carbonyl (C=O) groups excluding carboxylic acids is 1. The lowest BCUT2D eigenvalue weighted by atomic mass is 10.3. The first-order valence-electron chi connectivity index (χ1n) is 6.69. The van der Waals surface area contributed by atoms with Gasteiger partial charge in [-0.15, -0.1) is 0 Å². The largest absolute Gasteiger partial charge is 0.395 e. The highest BCUT2D eigenvalue weighted by Gasteiger charge is 2.17. The molecule has 0 saturated heterocycles. The number of carbonyl (C=O) groups is 1. The first kappa shape index (κ1) is 16.4. The van der Waals surface area contributed by atoms with Gasteiger partial charge in [0.15, 0.2) is 0 Å². The van der Waals surface area contributed by atoms with Gasteiger partial charge in [0.2, 0.25) is 5.91 Å². The third-order valence-corrected chi connectivity index (χ3v) is 2.80. The summed E-state index contributed by atoms with van der Waals surface area (Å²) in [7, 11) is 0. The van der Waals surface area contributed by atoms with E-state index in [0.717, 1.165) is 25.9 Å². The Kier molecular flexibility index (Phi) is 9.09. The normalized spacial score (nSPS) is 11.2. The van der Waals surface area contributed by atoms with Crippen molar-refractivity contribution in [3.63, 3.8) is 0 Å². The van der Waals surface area contributed by atoms with Crippen LogP contribution >= 0.6 is 0 Å². The molecule has 0 aliphatic heterocycles. The van der Waals surface area contributed by atoms with E-state index < -0.39 is 0 Å². The Morgan fingerprint density at radius 3 is 2.00 bits per heavy atom. The fraction of sp³-hybridized carbons (Fsp3) is 0.923. The van der Waals surface area contributed by atoms with E-state index >= 15 is 0 Å². The van der Waals surface area contributed by atoms with E-state index in [4.69, 9.17) is 5.11 Å². The van der Waals surface area contributed by atoms with E-state index in [9.17, 15) is 4.79 Å². The van der Waals surface area contributed by atoms with E-state index in [-0.39, 0.29) is 18.6 Å². The van der Waals surface area contributed by atoms with Crippen molar-refractivity contribution in [1.29, 1.82) is 0 Å². The molecular formula is C13H28N2O2. The molecule has 102 valence electrons. The summed E-state index contributed by atoms with van der Waals surface area (Å²) < 4.78 is 0. The predicted molar refractivity (Wildman–Crippen MR) is 71.0 cm³/mol. The summed E-state index contributed by atoms with van der Waals surface area (Å²) in [5.74, 6) is 0.177. The topological polar surface area (TPSA) is 43.8 Å². The summed E-state index contributed by atoms with van der Waals surface area (Å²) in [6, 6.07) is 0.288. The quantitative estimate of drug-likeness (QED) is 0.665. The molecule has 0 rings (SSSR count). The molecule has 0 aliphatic carbocycles. The van der Waals surface area contributed by atoms with E-state index in [1.54, 1.807) is 0 Å². The number of rotatable bonds is 9. The van der Waals surface area contributed by atoms with Gasteiger partial charge in [-0.3, -0.25) is 9.69 Å². The lowest BCUT2D eigenvalue weighted by Crippen LogP contribution is -2.44. The smallest absolute Gasteiger partial charge is 0.236 e. The van der Waals surface area contributed by atoms with Crippen LogP contribution in [0.1, 0.15) is 40.5 Å². The van der Waals surface area contributed by atoms with Crippen molar-refractivity contribution in [3.8, 4) is 0 Å². The maximum Gasteiger partial charge on any atom is 0.236 e. The van der Waals surface area contributed by atoms with Gasteiger partial charge in [0, 0.05) is 25.7 Å². The zero-order chi connectivity index (χ0) is 13.3. The summed E-state index contributed by atoms with van der Waals surface area (Å²) in [5, 5.41) is 8.98. The maximum atomic E-state index is 12.1. The molecule has 1 amide bonds. The van der Waals surface area contributed by atoms with Crippen molar-refractivity contribution >= 4 is 5.91 Å². The Balaban J connectivity index is 4.33. The SMILES string of the molecule is CCCN(CCC)C(=O)CN(CCO)C(C)C. The van der Waals surface area contributed by atoms with Crippen LogP contribution in [-0.4, -0.2) is 59.6 Å². The minimum absolute atomic E-state index is 0.104. The molecule has 0 aliphatic rings. The second kappa shape index (κ2) is 9.42. The number of nitrogens with zero attached hydrogens (tertiary/aromatic N) is 2. The van der Waals surface area contributed by atoms with Gasteiger partial charge in [-0.25, -0.2) is 0 Å². The van der Waals surface area contributed by atoms with Crippen LogP contribution < -0.4 is 0 Å². The Morgan fingerprint density at radius 1 is 1.12 bits per heavy atom. The van der Waals surface area contributed by atoms with Crippen molar-refractivity contribution in [3.05, 3.63) is 0 Å². The highest BCUT2D eigenvalue weighted by atomic mass is 16.3. The summed E-state index contributed by atoms with van der Waals surface area (Å²) in [6.45, 7) is 11.0. The van der Waals surface area contributed by atoms with E-state index in [1.165, 1.54) is 0 Å². The third-order valence-electron chi connectivity index (χ3n) is 2.80. The van der Waals surface area contributed by atoms with E-state index in [2.05, 4.69) is 13.8 Å². The Hall–Kier alpha value is -0.610. The first-order chi connectivity index (χ1) is 8.06. The van der Waals surface area contributed by atoms with Crippen molar-refractivity contribution in [1.82, 2.24) is 9.80 Å². The van der Waals surface area contributed by atoms with Gasteiger partial charge >= 0.3 is 0 Å². The van der Waals surface area contributed by atoms with Crippen LogP contribution in [0, 0.1) is 0 Å². The third kappa shape index (κ3) is 6.64. The zero-order valence-electron chi connectivity index (χ0n) is 11.8. The monoisotopic (exact) mass is 244 g/mol. The Bertz CT molecular complexity index is 202. The Morgan fingerprint density at radius 2 is 1.65 bits per heavy atom. The van der Waals surface area contributed by atoms with Crippen LogP contribution in [0.15, 0.2) is 0 Å². The van der Waals surface area contributed by atoms with Gasteiger partial charge in [0.25, 0.3) is 0 Å². The number of amides is 1. The van der Waals surface area contributed by atoms with Gasteiger partial charge in [-0.1, -0.05) is 13.8 Å². The molecule has 0 fully saturated rings. The molecule has 0 atom stereocenters. The number of aliphatic hydroxyl groups is 1. The Labute approximate surface area is 106 Å². The van der Waals surface area contributed by atoms with E-state index in [1.807, 2.05) is 23.6 Å². The highest BCUT2D eigenvalue weighted by Crippen LogP contribution is 2.02. The fourth-order valence-electron chi connectivity index (χ4n) is 1.82. The second-order valence-corrected chi connectivity index (χ2v) is 4.67. The van der Waals surface area contributed by atoms with Crippen LogP contribution in [0.5, 0.6) is 0 Å². The van der Waals surface area contributed by atoms with Gasteiger partial charge in [-0.05, 0) is 26.7 Å². The lowest BCUT2D eigenvalue weighted by molar-refractivity contribution is -0.133. The molecule has 0 radical (unpaired) electrons. The molecule has 4 heteroatoms. The van der Waals surface area contributed by atoms with Crippen LogP contribution in [-0.2, 0) is 4.79 Å². The molecule has 0 aromatic rings. The van der Waals surface area contributed by atoms with Crippen molar-refractivity contribution in [2.45, 2.75) is 46.6 Å². The minimum Gasteiger partial charge on any atom is -0.395 e. The predicted octanol–water partition coefficient (Wildman–Crippen LogP) is 1.34. The minimum atomic E-state index is 0.104. The average molecular weight is 244 g/mol. The standard InChI is InChI=1S/C13H28N2O2/c1-5-7-14(8-6-2)13(17)11-15(9-10-16)12(3)4/h12,16H,5-11H2,1-4H3.